The van der Waals surface area contributed by atoms with Crippen LogP contribution in [0.2, 0.25) is 0 Å². The summed E-state index contributed by atoms with van der Waals surface area (Å²) in [5, 5.41) is 3.82. The van der Waals surface area contributed by atoms with Crippen LogP contribution in [0, 0.1) is 0 Å². The zero-order valence-electron chi connectivity index (χ0n) is 18.6. The zero-order valence-corrected chi connectivity index (χ0v) is 19.4. The van der Waals surface area contributed by atoms with Gasteiger partial charge >= 0.3 is 0 Å². The maximum atomic E-state index is 12.6. The van der Waals surface area contributed by atoms with Crippen molar-refractivity contribution in [1.82, 2.24) is 10.3 Å². The largest absolute Gasteiger partial charge is 0.494 e. The van der Waals surface area contributed by atoms with Gasteiger partial charge in [-0.2, -0.15) is 0 Å². The normalized spacial score (nSPS) is 12.9. The van der Waals surface area contributed by atoms with Gasteiger partial charge in [0.25, 0.3) is 5.91 Å². The Morgan fingerprint density at radius 1 is 1.09 bits per heavy atom. The van der Waals surface area contributed by atoms with Gasteiger partial charge in [-0.3, -0.25) is 9.59 Å². The third-order valence-corrected chi connectivity index (χ3v) is 6.35. The summed E-state index contributed by atoms with van der Waals surface area (Å²) in [6.45, 7) is 3.75. The summed E-state index contributed by atoms with van der Waals surface area (Å²) >= 11 is 1.46. The molecular formula is C26H27N3O3S. The number of nitrogens with zero attached hydrogens (tertiary/aromatic N) is 2. The van der Waals surface area contributed by atoms with Crippen molar-refractivity contribution in [3.05, 3.63) is 83.6 Å². The predicted molar refractivity (Wildman–Crippen MR) is 131 cm³/mol. The van der Waals surface area contributed by atoms with Crippen molar-refractivity contribution >= 4 is 29.3 Å². The van der Waals surface area contributed by atoms with Gasteiger partial charge in [-0.15, -0.1) is 0 Å². The number of pyridine rings is 1. The van der Waals surface area contributed by atoms with E-state index in [9.17, 15) is 9.59 Å². The lowest BCUT2D eigenvalue weighted by atomic mass is 10.1. The van der Waals surface area contributed by atoms with Crippen molar-refractivity contribution in [2.45, 2.75) is 37.9 Å². The first kappa shape index (κ1) is 22.9. The first-order chi connectivity index (χ1) is 16.1. The summed E-state index contributed by atoms with van der Waals surface area (Å²) < 4.78 is 5.67. The molecule has 0 saturated heterocycles. The fourth-order valence-electron chi connectivity index (χ4n) is 3.48. The lowest BCUT2D eigenvalue weighted by Crippen LogP contribution is -2.35. The van der Waals surface area contributed by atoms with E-state index in [0.29, 0.717) is 24.4 Å². The van der Waals surface area contributed by atoms with Gasteiger partial charge < -0.3 is 15.0 Å². The molecule has 0 spiro atoms. The number of ether oxygens (including phenoxy) is 1. The van der Waals surface area contributed by atoms with Gasteiger partial charge in [0.2, 0.25) is 5.91 Å². The number of carbonyl (C=O) groups is 2. The molecule has 170 valence electrons. The van der Waals surface area contributed by atoms with Crippen LogP contribution in [-0.4, -0.2) is 29.2 Å². The molecular weight excluding hydrogens is 434 g/mol. The summed E-state index contributed by atoms with van der Waals surface area (Å²) in [4.78, 5) is 31.1. The zero-order chi connectivity index (χ0) is 23.0. The molecule has 0 unspecified atom stereocenters. The summed E-state index contributed by atoms with van der Waals surface area (Å²) in [7, 11) is 0. The lowest BCUT2D eigenvalue weighted by molar-refractivity contribution is -0.116. The second-order valence-electron chi connectivity index (χ2n) is 7.82. The Balaban J connectivity index is 1.32. The van der Waals surface area contributed by atoms with Crippen molar-refractivity contribution in [2.24, 2.45) is 0 Å². The number of hydrogen-bond acceptors (Lipinski definition) is 5. The maximum Gasteiger partial charge on any atom is 0.251 e. The number of aromatic nitrogens is 1. The fourth-order valence-corrected chi connectivity index (χ4v) is 4.36. The average molecular weight is 462 g/mol. The molecule has 7 heteroatoms. The minimum Gasteiger partial charge on any atom is -0.494 e. The molecule has 0 aliphatic carbocycles. The van der Waals surface area contributed by atoms with Crippen LogP contribution < -0.4 is 15.0 Å². The third-order valence-electron chi connectivity index (χ3n) is 5.38. The molecule has 0 radical (unpaired) electrons. The van der Waals surface area contributed by atoms with Crippen LogP contribution in [0.3, 0.4) is 0 Å². The Labute approximate surface area is 198 Å². The molecule has 0 bridgehead atoms. The van der Waals surface area contributed by atoms with E-state index in [1.807, 2.05) is 48.5 Å². The van der Waals surface area contributed by atoms with Crippen LogP contribution in [0.15, 0.2) is 71.9 Å². The molecule has 33 heavy (non-hydrogen) atoms. The molecule has 2 amide bonds. The van der Waals surface area contributed by atoms with E-state index in [4.69, 9.17) is 4.74 Å². The molecule has 6 nitrogen and oxygen atoms in total. The molecule has 2 aromatic carbocycles. The Hall–Kier alpha value is -3.32. The van der Waals surface area contributed by atoms with E-state index in [1.54, 1.807) is 23.2 Å². The number of hydrogen-bond donors (Lipinski definition) is 1. The summed E-state index contributed by atoms with van der Waals surface area (Å²) in [5.41, 5.74) is 3.39. The Kier molecular flexibility index (Phi) is 7.62. The molecule has 1 aliphatic heterocycles. The lowest BCUT2D eigenvalue weighted by Gasteiger charge is -2.28. The number of nitrogens with one attached hydrogen (secondary N) is 1. The minimum atomic E-state index is -0.134. The second kappa shape index (κ2) is 11.0. The summed E-state index contributed by atoms with van der Waals surface area (Å²) in [6.07, 6.45) is 3.88. The topological polar surface area (TPSA) is 71.5 Å². The van der Waals surface area contributed by atoms with Gasteiger partial charge in [0, 0.05) is 18.3 Å². The van der Waals surface area contributed by atoms with E-state index in [2.05, 4.69) is 17.2 Å². The van der Waals surface area contributed by atoms with Gasteiger partial charge in [-0.25, -0.2) is 4.98 Å². The van der Waals surface area contributed by atoms with Crippen molar-refractivity contribution in [3.63, 3.8) is 0 Å². The highest BCUT2D eigenvalue weighted by atomic mass is 32.2. The van der Waals surface area contributed by atoms with Crippen molar-refractivity contribution in [2.75, 3.05) is 17.3 Å². The number of fused-ring (bicyclic) bond motifs is 1. The SMILES string of the molecule is CCCCOc1ccc(CNC(=O)c2ccc(CN3C(=O)CSc4ncccc43)cc2)cc1. The molecule has 0 saturated carbocycles. The highest BCUT2D eigenvalue weighted by molar-refractivity contribution is 8.00. The van der Waals surface area contributed by atoms with Crippen molar-refractivity contribution in [3.8, 4) is 5.75 Å². The third kappa shape index (κ3) is 5.93. The Morgan fingerprint density at radius 3 is 2.61 bits per heavy atom. The summed E-state index contributed by atoms with van der Waals surface area (Å²) in [6, 6.07) is 18.9. The molecule has 1 aromatic heterocycles. The number of thioether (sulfide) groups is 1. The van der Waals surface area contributed by atoms with Gasteiger partial charge in [-0.1, -0.05) is 49.4 Å². The van der Waals surface area contributed by atoms with E-state index < -0.39 is 0 Å². The first-order valence-electron chi connectivity index (χ1n) is 11.1. The van der Waals surface area contributed by atoms with E-state index in [1.165, 1.54) is 11.8 Å². The average Bonchev–Trinajstić information content (AvgIpc) is 2.86. The Morgan fingerprint density at radius 2 is 1.85 bits per heavy atom. The quantitative estimate of drug-likeness (QED) is 0.462. The second-order valence-corrected chi connectivity index (χ2v) is 8.79. The maximum absolute atomic E-state index is 12.6. The highest BCUT2D eigenvalue weighted by Crippen LogP contribution is 2.34. The number of amides is 2. The molecule has 0 fully saturated rings. The van der Waals surface area contributed by atoms with Crippen LogP contribution in [0.5, 0.6) is 5.75 Å². The number of carbonyl (C=O) groups excluding carboxylic acids is 2. The number of benzene rings is 2. The smallest absolute Gasteiger partial charge is 0.251 e. The van der Waals surface area contributed by atoms with E-state index in [0.717, 1.165) is 47.0 Å². The highest BCUT2D eigenvalue weighted by Gasteiger charge is 2.25. The molecule has 1 aliphatic rings. The van der Waals surface area contributed by atoms with Crippen LogP contribution in [-0.2, 0) is 17.9 Å². The van der Waals surface area contributed by atoms with E-state index in [-0.39, 0.29) is 11.8 Å². The number of unbranched alkanes of at least 4 members (excludes halogenated alkanes) is 1. The van der Waals surface area contributed by atoms with Gasteiger partial charge in [0.1, 0.15) is 10.8 Å². The van der Waals surface area contributed by atoms with Crippen molar-refractivity contribution < 1.29 is 14.3 Å². The first-order valence-corrected chi connectivity index (χ1v) is 12.1. The van der Waals surface area contributed by atoms with Crippen LogP contribution >= 0.6 is 11.8 Å². The Bertz CT molecular complexity index is 1100. The molecule has 3 aromatic rings. The number of rotatable bonds is 9. The molecule has 4 rings (SSSR count). The fraction of sp³-hybridized carbons (Fsp3) is 0.269. The summed E-state index contributed by atoms with van der Waals surface area (Å²) in [5.74, 6) is 1.16. The molecule has 1 N–H and O–H groups in total. The van der Waals surface area contributed by atoms with E-state index >= 15 is 0 Å². The predicted octanol–water partition coefficient (Wildman–Crippen LogP) is 4.83. The minimum absolute atomic E-state index is 0.0594. The van der Waals surface area contributed by atoms with Gasteiger partial charge in [0.15, 0.2) is 0 Å². The number of anilines is 1. The molecule has 0 atom stereocenters. The molecule has 2 heterocycles. The van der Waals surface area contributed by atoms with Gasteiger partial charge in [0.05, 0.1) is 24.6 Å². The standard InChI is InChI=1S/C26H27N3O3S/c1-2-3-15-32-22-12-8-19(9-13-22)16-28-25(31)21-10-6-20(7-11-21)17-29-23-5-4-14-27-26(23)33-18-24(29)30/h4-14H,2-3,15-18H2,1H3,(H,28,31). The van der Waals surface area contributed by atoms with Crippen LogP contribution in [0.1, 0.15) is 41.3 Å². The van der Waals surface area contributed by atoms with Crippen molar-refractivity contribution in [1.29, 1.82) is 0 Å². The van der Waals surface area contributed by atoms with Gasteiger partial charge in [-0.05, 0) is 53.9 Å². The van der Waals surface area contributed by atoms with Crippen LogP contribution in [0.25, 0.3) is 0 Å². The monoisotopic (exact) mass is 461 g/mol. The van der Waals surface area contributed by atoms with Crippen LogP contribution in [0.4, 0.5) is 5.69 Å².